The Kier molecular flexibility index (Phi) is 7.62. The molecule has 1 aliphatic heterocycles. The minimum Gasteiger partial charge on any atom is -0.396 e. The van der Waals surface area contributed by atoms with E-state index in [-0.39, 0.29) is 12.5 Å². The van der Waals surface area contributed by atoms with Crippen molar-refractivity contribution in [2.75, 3.05) is 35.2 Å². The van der Waals surface area contributed by atoms with Gasteiger partial charge in [-0.1, -0.05) is 6.07 Å². The number of benzene rings is 4. The van der Waals surface area contributed by atoms with E-state index in [1.54, 1.807) is 6.07 Å². The van der Waals surface area contributed by atoms with Gasteiger partial charge < -0.3 is 30.9 Å². The standard InChI is InChI=1S/C34H33N5O3/c35-33(41)26-4-3-24-17-19-39(32(24)20-26)31-15-11-28(12-16-31)36-27-7-9-29(10-8-27)37-34(42)25-5-13-30(14-6-25)38-18-1-2-23(21-38)22-40/h3-17,19-20,23,36,40H,1-2,18,21-22H2,(H2,35,41)(H,37,42). The van der Waals surface area contributed by atoms with E-state index in [1.807, 2.05) is 102 Å². The fourth-order valence-corrected chi connectivity index (χ4v) is 5.49. The van der Waals surface area contributed by atoms with Crippen LogP contribution in [-0.4, -0.2) is 41.2 Å². The Balaban J connectivity index is 1.07. The molecular weight excluding hydrogens is 526 g/mol. The van der Waals surface area contributed by atoms with Crippen molar-refractivity contribution in [2.24, 2.45) is 11.7 Å². The van der Waals surface area contributed by atoms with Gasteiger partial charge in [0.2, 0.25) is 5.91 Å². The van der Waals surface area contributed by atoms with Crippen LogP contribution >= 0.6 is 0 Å². The molecule has 0 radical (unpaired) electrons. The van der Waals surface area contributed by atoms with Crippen LogP contribution in [0.15, 0.2) is 103 Å². The largest absolute Gasteiger partial charge is 0.396 e. The predicted octanol–water partition coefficient (Wildman–Crippen LogP) is 5.93. The number of aromatic nitrogens is 1. The highest BCUT2D eigenvalue weighted by atomic mass is 16.3. The van der Waals surface area contributed by atoms with Crippen molar-refractivity contribution >= 4 is 45.5 Å². The smallest absolute Gasteiger partial charge is 0.255 e. The third-order valence-corrected chi connectivity index (χ3v) is 7.83. The highest BCUT2D eigenvalue weighted by molar-refractivity contribution is 6.04. The van der Waals surface area contributed by atoms with Crippen molar-refractivity contribution in [3.8, 4) is 5.69 Å². The molecule has 1 aromatic heterocycles. The number of primary amides is 1. The van der Waals surface area contributed by atoms with Crippen molar-refractivity contribution in [1.82, 2.24) is 4.57 Å². The topological polar surface area (TPSA) is 113 Å². The second-order valence-electron chi connectivity index (χ2n) is 10.7. The van der Waals surface area contributed by atoms with Gasteiger partial charge in [-0.15, -0.1) is 0 Å². The normalized spacial score (nSPS) is 15.0. The molecule has 42 heavy (non-hydrogen) atoms. The molecule has 2 heterocycles. The molecule has 0 spiro atoms. The van der Waals surface area contributed by atoms with Crippen molar-refractivity contribution < 1.29 is 14.7 Å². The summed E-state index contributed by atoms with van der Waals surface area (Å²) in [5, 5.41) is 16.9. The maximum Gasteiger partial charge on any atom is 0.255 e. The molecule has 8 nitrogen and oxygen atoms in total. The number of aliphatic hydroxyl groups excluding tert-OH is 1. The molecule has 1 aliphatic rings. The van der Waals surface area contributed by atoms with Crippen LogP contribution in [0.25, 0.3) is 16.6 Å². The first-order valence-electron chi connectivity index (χ1n) is 14.1. The summed E-state index contributed by atoms with van der Waals surface area (Å²) in [5.41, 5.74) is 12.0. The van der Waals surface area contributed by atoms with Gasteiger partial charge in [-0.25, -0.2) is 0 Å². The first-order chi connectivity index (χ1) is 20.5. The van der Waals surface area contributed by atoms with Crippen molar-refractivity contribution in [3.63, 3.8) is 0 Å². The SMILES string of the molecule is NC(=O)c1ccc2ccn(-c3ccc(Nc4ccc(NC(=O)c5ccc(N6CCCC(CO)C6)cc5)cc4)cc3)c2c1. The Morgan fingerprint density at radius 3 is 2.14 bits per heavy atom. The van der Waals surface area contributed by atoms with E-state index in [9.17, 15) is 14.7 Å². The Morgan fingerprint density at radius 1 is 0.810 bits per heavy atom. The summed E-state index contributed by atoms with van der Waals surface area (Å²) in [6, 6.07) is 30.7. The fraction of sp³-hybridized carbons (Fsp3) is 0.176. The number of anilines is 4. The second-order valence-corrected chi connectivity index (χ2v) is 10.7. The molecule has 1 atom stereocenters. The second kappa shape index (κ2) is 11.8. The molecule has 0 saturated carbocycles. The molecule has 8 heteroatoms. The van der Waals surface area contributed by atoms with Crippen molar-refractivity contribution in [2.45, 2.75) is 12.8 Å². The molecular formula is C34H33N5O3. The number of nitrogens with zero attached hydrogens (tertiary/aromatic N) is 2. The minimum absolute atomic E-state index is 0.162. The lowest BCUT2D eigenvalue weighted by Crippen LogP contribution is -2.36. The number of nitrogens with one attached hydrogen (secondary N) is 2. The van der Waals surface area contributed by atoms with Gasteiger partial charge in [-0.05, 0) is 115 Å². The molecule has 1 saturated heterocycles. The Labute approximate surface area is 244 Å². The van der Waals surface area contributed by atoms with Gasteiger partial charge in [0, 0.05) is 65.5 Å². The molecule has 1 unspecified atom stereocenters. The van der Waals surface area contributed by atoms with Gasteiger partial charge in [-0.2, -0.15) is 0 Å². The number of aliphatic hydroxyl groups is 1. The molecule has 4 aromatic carbocycles. The molecule has 0 bridgehead atoms. The summed E-state index contributed by atoms with van der Waals surface area (Å²) in [4.78, 5) is 26.7. The van der Waals surface area contributed by atoms with Crippen LogP contribution in [0.3, 0.4) is 0 Å². The van der Waals surface area contributed by atoms with Crippen LogP contribution in [-0.2, 0) is 0 Å². The van der Waals surface area contributed by atoms with Crippen LogP contribution in [0.2, 0.25) is 0 Å². The Hall–Kier alpha value is -5.08. The molecule has 1 fully saturated rings. The quantitative estimate of drug-likeness (QED) is 0.188. The van der Waals surface area contributed by atoms with Gasteiger partial charge in [0.1, 0.15) is 0 Å². The Bertz CT molecular complexity index is 1710. The third-order valence-electron chi connectivity index (χ3n) is 7.83. The summed E-state index contributed by atoms with van der Waals surface area (Å²) in [5.74, 6) is -0.302. The van der Waals surface area contributed by atoms with Crippen LogP contribution < -0.4 is 21.3 Å². The summed E-state index contributed by atoms with van der Waals surface area (Å²) < 4.78 is 2.02. The van der Waals surface area contributed by atoms with Gasteiger partial charge in [0.05, 0.1) is 5.52 Å². The molecule has 212 valence electrons. The van der Waals surface area contributed by atoms with Gasteiger partial charge >= 0.3 is 0 Å². The van der Waals surface area contributed by atoms with Gasteiger partial charge in [-0.3, -0.25) is 9.59 Å². The first-order valence-corrected chi connectivity index (χ1v) is 14.1. The third kappa shape index (κ3) is 5.84. The fourth-order valence-electron chi connectivity index (χ4n) is 5.49. The number of rotatable bonds is 8. The van der Waals surface area contributed by atoms with Crippen molar-refractivity contribution in [1.29, 1.82) is 0 Å². The van der Waals surface area contributed by atoms with Crippen LogP contribution in [0, 0.1) is 5.92 Å². The molecule has 5 N–H and O–H groups in total. The number of fused-ring (bicyclic) bond motifs is 1. The number of carbonyl (C=O) groups excluding carboxylic acids is 2. The lowest BCUT2D eigenvalue weighted by molar-refractivity contribution is 0.0997. The maximum absolute atomic E-state index is 12.8. The summed E-state index contributed by atoms with van der Waals surface area (Å²) >= 11 is 0. The summed E-state index contributed by atoms with van der Waals surface area (Å²) in [7, 11) is 0. The molecule has 6 rings (SSSR count). The first kappa shape index (κ1) is 27.1. The van der Waals surface area contributed by atoms with Crippen LogP contribution in [0.4, 0.5) is 22.7 Å². The zero-order chi connectivity index (χ0) is 29.1. The monoisotopic (exact) mass is 559 g/mol. The number of nitrogens with two attached hydrogens (primary N) is 1. The van der Waals surface area contributed by atoms with E-state index in [4.69, 9.17) is 5.73 Å². The number of carbonyl (C=O) groups is 2. The minimum atomic E-state index is -0.449. The van der Waals surface area contributed by atoms with E-state index >= 15 is 0 Å². The van der Waals surface area contributed by atoms with E-state index in [2.05, 4.69) is 15.5 Å². The number of hydrogen-bond acceptors (Lipinski definition) is 5. The highest BCUT2D eigenvalue weighted by Crippen LogP contribution is 2.26. The zero-order valence-electron chi connectivity index (χ0n) is 23.2. The predicted molar refractivity (Wildman–Crippen MR) is 168 cm³/mol. The molecule has 0 aliphatic carbocycles. The average molecular weight is 560 g/mol. The van der Waals surface area contributed by atoms with Crippen molar-refractivity contribution in [3.05, 3.63) is 114 Å². The number of piperidine rings is 1. The zero-order valence-corrected chi connectivity index (χ0v) is 23.2. The van der Waals surface area contributed by atoms with E-state index in [1.165, 1.54) is 0 Å². The number of amides is 2. The van der Waals surface area contributed by atoms with E-state index in [0.29, 0.717) is 22.7 Å². The van der Waals surface area contributed by atoms with Gasteiger partial charge in [0.25, 0.3) is 5.91 Å². The molecule has 2 amide bonds. The average Bonchev–Trinajstić information content (AvgIpc) is 3.46. The van der Waals surface area contributed by atoms with Crippen LogP contribution in [0.1, 0.15) is 33.6 Å². The van der Waals surface area contributed by atoms with Crippen LogP contribution in [0.5, 0.6) is 0 Å². The lowest BCUT2D eigenvalue weighted by Gasteiger charge is -2.33. The molecule has 5 aromatic rings. The lowest BCUT2D eigenvalue weighted by atomic mass is 9.98. The highest BCUT2D eigenvalue weighted by Gasteiger charge is 2.19. The van der Waals surface area contributed by atoms with Gasteiger partial charge in [0.15, 0.2) is 0 Å². The summed E-state index contributed by atoms with van der Waals surface area (Å²) in [6.45, 7) is 2.02. The Morgan fingerprint density at radius 2 is 1.45 bits per heavy atom. The number of hydrogen-bond donors (Lipinski definition) is 4. The van der Waals surface area contributed by atoms with E-state index in [0.717, 1.165) is 59.6 Å². The maximum atomic E-state index is 12.8. The van der Waals surface area contributed by atoms with E-state index < -0.39 is 5.91 Å². The summed E-state index contributed by atoms with van der Waals surface area (Å²) in [6.07, 6.45) is 4.10.